The maximum atomic E-state index is 11.0. The van der Waals surface area contributed by atoms with Gasteiger partial charge in [-0.05, 0) is 31.5 Å². The van der Waals surface area contributed by atoms with Crippen LogP contribution < -0.4 is 4.90 Å². The van der Waals surface area contributed by atoms with E-state index in [0.717, 1.165) is 5.56 Å². The van der Waals surface area contributed by atoms with E-state index in [-0.39, 0.29) is 6.04 Å². The van der Waals surface area contributed by atoms with E-state index in [2.05, 4.69) is 6.58 Å². The van der Waals surface area contributed by atoms with Crippen LogP contribution in [0, 0.1) is 0 Å². The van der Waals surface area contributed by atoms with Crippen LogP contribution in [0.4, 0.5) is 10.5 Å². The van der Waals surface area contributed by atoms with Gasteiger partial charge in [-0.25, -0.2) is 4.79 Å². The number of carboxylic acid groups (broad SMARTS) is 1. The lowest BCUT2D eigenvalue weighted by atomic mass is 10.1. The van der Waals surface area contributed by atoms with Crippen LogP contribution in [0.25, 0.3) is 6.08 Å². The fraction of sp³-hybridized carbons (Fsp3) is 0.250. The van der Waals surface area contributed by atoms with Gasteiger partial charge in [-0.3, -0.25) is 4.90 Å². The Kier molecular flexibility index (Phi) is 3.50. The van der Waals surface area contributed by atoms with Crippen molar-refractivity contribution in [1.29, 1.82) is 0 Å². The summed E-state index contributed by atoms with van der Waals surface area (Å²) in [4.78, 5) is 12.4. The van der Waals surface area contributed by atoms with Crippen LogP contribution in [0.2, 0.25) is 0 Å². The van der Waals surface area contributed by atoms with Gasteiger partial charge in [0.15, 0.2) is 0 Å². The Morgan fingerprint density at radius 3 is 2.67 bits per heavy atom. The van der Waals surface area contributed by atoms with Gasteiger partial charge < -0.3 is 5.11 Å². The van der Waals surface area contributed by atoms with Crippen molar-refractivity contribution < 1.29 is 9.90 Å². The largest absolute Gasteiger partial charge is 0.465 e. The highest BCUT2D eigenvalue weighted by Gasteiger charge is 2.17. The highest BCUT2D eigenvalue weighted by atomic mass is 16.4. The monoisotopic (exact) mass is 205 g/mol. The summed E-state index contributed by atoms with van der Waals surface area (Å²) < 4.78 is 0. The first-order valence-electron chi connectivity index (χ1n) is 4.81. The predicted octanol–water partition coefficient (Wildman–Crippen LogP) is 3.22. The minimum atomic E-state index is -0.939. The molecule has 1 aromatic rings. The molecule has 1 rings (SSSR count). The molecule has 0 atom stereocenters. The lowest BCUT2D eigenvalue weighted by Crippen LogP contribution is -2.35. The molecule has 1 amide bonds. The zero-order valence-corrected chi connectivity index (χ0v) is 8.97. The second-order valence-electron chi connectivity index (χ2n) is 3.55. The summed E-state index contributed by atoms with van der Waals surface area (Å²) in [7, 11) is 0. The molecule has 0 radical (unpaired) electrons. The van der Waals surface area contributed by atoms with Gasteiger partial charge in [0.2, 0.25) is 0 Å². The van der Waals surface area contributed by atoms with E-state index in [0.29, 0.717) is 5.69 Å². The van der Waals surface area contributed by atoms with Crippen LogP contribution in [-0.2, 0) is 0 Å². The molecule has 3 heteroatoms. The summed E-state index contributed by atoms with van der Waals surface area (Å²) in [6, 6.07) is 7.21. The molecule has 0 aliphatic carbocycles. The van der Waals surface area contributed by atoms with Crippen LogP contribution in [0.3, 0.4) is 0 Å². The molecule has 3 nitrogen and oxygen atoms in total. The third-order valence-electron chi connectivity index (χ3n) is 2.11. The van der Waals surface area contributed by atoms with Gasteiger partial charge in [0, 0.05) is 11.7 Å². The van der Waals surface area contributed by atoms with Crippen molar-refractivity contribution >= 4 is 17.9 Å². The summed E-state index contributed by atoms with van der Waals surface area (Å²) in [5.74, 6) is 0. The maximum absolute atomic E-state index is 11.0. The summed E-state index contributed by atoms with van der Waals surface area (Å²) in [5, 5.41) is 9.06. The average Bonchev–Trinajstić information content (AvgIpc) is 2.17. The fourth-order valence-electron chi connectivity index (χ4n) is 1.43. The topological polar surface area (TPSA) is 40.5 Å². The lowest BCUT2D eigenvalue weighted by Gasteiger charge is -2.23. The summed E-state index contributed by atoms with van der Waals surface area (Å²) in [6.07, 6.45) is 0.760. The van der Waals surface area contributed by atoms with E-state index < -0.39 is 6.09 Å². The van der Waals surface area contributed by atoms with Gasteiger partial charge in [0.05, 0.1) is 0 Å². The number of nitrogens with zero attached hydrogens (tertiary/aromatic N) is 1. The van der Waals surface area contributed by atoms with E-state index in [9.17, 15) is 4.79 Å². The zero-order valence-electron chi connectivity index (χ0n) is 8.97. The van der Waals surface area contributed by atoms with Crippen molar-refractivity contribution in [3.8, 4) is 0 Å². The number of carbonyl (C=O) groups is 1. The van der Waals surface area contributed by atoms with Gasteiger partial charge >= 0.3 is 6.09 Å². The molecule has 1 N–H and O–H groups in total. The van der Waals surface area contributed by atoms with E-state index in [1.54, 1.807) is 18.2 Å². The van der Waals surface area contributed by atoms with Crippen molar-refractivity contribution in [2.24, 2.45) is 0 Å². The van der Waals surface area contributed by atoms with Gasteiger partial charge in [-0.1, -0.05) is 24.8 Å². The second kappa shape index (κ2) is 4.64. The first-order valence-corrected chi connectivity index (χ1v) is 4.81. The Morgan fingerprint density at radius 1 is 1.53 bits per heavy atom. The molecule has 0 spiro atoms. The number of amides is 1. The van der Waals surface area contributed by atoms with Gasteiger partial charge in [-0.2, -0.15) is 0 Å². The third-order valence-corrected chi connectivity index (χ3v) is 2.11. The first kappa shape index (κ1) is 11.3. The fourth-order valence-corrected chi connectivity index (χ4v) is 1.43. The van der Waals surface area contributed by atoms with Crippen LogP contribution in [0.15, 0.2) is 30.8 Å². The van der Waals surface area contributed by atoms with Gasteiger partial charge in [0.1, 0.15) is 0 Å². The number of anilines is 1. The Hall–Kier alpha value is -1.77. The highest BCUT2D eigenvalue weighted by molar-refractivity contribution is 5.87. The molecule has 0 aliphatic rings. The molecule has 0 aromatic heterocycles. The summed E-state index contributed by atoms with van der Waals surface area (Å²) in [5.41, 5.74) is 1.59. The second-order valence-corrected chi connectivity index (χ2v) is 3.55. The van der Waals surface area contributed by atoms with Crippen LogP contribution in [0.5, 0.6) is 0 Å². The van der Waals surface area contributed by atoms with Crippen molar-refractivity contribution in [2.75, 3.05) is 4.90 Å². The van der Waals surface area contributed by atoms with Crippen LogP contribution >= 0.6 is 0 Å². The molecule has 15 heavy (non-hydrogen) atoms. The Labute approximate surface area is 89.6 Å². The minimum Gasteiger partial charge on any atom is -0.465 e. The first-order chi connectivity index (χ1) is 7.06. The number of hydrogen-bond donors (Lipinski definition) is 1. The Balaban J connectivity index is 3.11. The highest BCUT2D eigenvalue weighted by Crippen LogP contribution is 2.19. The zero-order chi connectivity index (χ0) is 11.4. The van der Waals surface area contributed by atoms with Crippen molar-refractivity contribution in [3.63, 3.8) is 0 Å². The Morgan fingerprint density at radius 2 is 2.20 bits per heavy atom. The Bertz CT molecular complexity index is 372. The number of benzene rings is 1. The molecule has 1 aromatic carbocycles. The third kappa shape index (κ3) is 2.59. The van der Waals surface area contributed by atoms with Crippen molar-refractivity contribution in [3.05, 3.63) is 36.4 Å². The van der Waals surface area contributed by atoms with E-state index in [1.165, 1.54) is 4.90 Å². The lowest BCUT2D eigenvalue weighted by molar-refractivity contribution is 0.200. The molecule has 0 saturated heterocycles. The SMILES string of the molecule is C=Cc1cccc(N(C(=O)O)C(C)C)c1. The number of hydrogen-bond acceptors (Lipinski definition) is 1. The summed E-state index contributed by atoms with van der Waals surface area (Å²) in [6.45, 7) is 7.34. The predicted molar refractivity (Wildman–Crippen MR) is 62.2 cm³/mol. The van der Waals surface area contributed by atoms with Gasteiger partial charge in [0.25, 0.3) is 0 Å². The van der Waals surface area contributed by atoms with E-state index in [4.69, 9.17) is 5.11 Å². The molecule has 0 aliphatic heterocycles. The van der Waals surface area contributed by atoms with Gasteiger partial charge in [-0.15, -0.1) is 0 Å². The molecule has 80 valence electrons. The van der Waals surface area contributed by atoms with Crippen LogP contribution in [0.1, 0.15) is 19.4 Å². The van der Waals surface area contributed by atoms with E-state index >= 15 is 0 Å². The smallest absolute Gasteiger partial charge is 0.412 e. The standard InChI is InChI=1S/C12H15NO2/c1-4-10-6-5-7-11(8-10)13(9(2)3)12(14)15/h4-9H,1H2,2-3H3,(H,14,15). The normalized spacial score (nSPS) is 10.1. The van der Waals surface area contributed by atoms with Crippen molar-refractivity contribution in [1.82, 2.24) is 0 Å². The quantitative estimate of drug-likeness (QED) is 0.823. The van der Waals surface area contributed by atoms with E-state index in [1.807, 2.05) is 26.0 Å². The molecule has 0 saturated carbocycles. The minimum absolute atomic E-state index is 0.0810. The molecule has 0 heterocycles. The summed E-state index contributed by atoms with van der Waals surface area (Å²) >= 11 is 0. The number of rotatable bonds is 3. The molecular weight excluding hydrogens is 190 g/mol. The molecule has 0 unspecified atom stereocenters. The molecule has 0 bridgehead atoms. The van der Waals surface area contributed by atoms with Crippen molar-refractivity contribution in [2.45, 2.75) is 19.9 Å². The molecular formula is C12H15NO2. The molecule has 0 fully saturated rings. The average molecular weight is 205 g/mol. The van der Waals surface area contributed by atoms with Crippen LogP contribution in [-0.4, -0.2) is 17.2 Å². The maximum Gasteiger partial charge on any atom is 0.412 e.